The highest BCUT2D eigenvalue weighted by molar-refractivity contribution is 7.98. The first-order valence-electron chi connectivity index (χ1n) is 7.05. The van der Waals surface area contributed by atoms with E-state index in [9.17, 15) is 4.79 Å². The number of ether oxygens (including phenoxy) is 1. The first kappa shape index (κ1) is 15.1. The van der Waals surface area contributed by atoms with Crippen LogP contribution in [-0.2, 0) is 16.8 Å². The van der Waals surface area contributed by atoms with Gasteiger partial charge in [-0.1, -0.05) is 19.8 Å². The molecule has 1 aliphatic rings. The summed E-state index contributed by atoms with van der Waals surface area (Å²) in [6.07, 6.45) is 8.85. The fourth-order valence-corrected chi connectivity index (χ4v) is 3.82. The van der Waals surface area contributed by atoms with Crippen molar-refractivity contribution in [1.82, 2.24) is 0 Å². The van der Waals surface area contributed by atoms with E-state index >= 15 is 0 Å². The van der Waals surface area contributed by atoms with Crippen LogP contribution in [0.2, 0.25) is 0 Å². The number of isocyanates is 1. The topological polar surface area (TPSA) is 38.7 Å². The third-order valence-electron chi connectivity index (χ3n) is 4.18. The molecule has 1 fully saturated rings. The Morgan fingerprint density at radius 1 is 1.40 bits per heavy atom. The van der Waals surface area contributed by atoms with Crippen molar-refractivity contribution in [2.24, 2.45) is 4.99 Å². The largest absolute Gasteiger partial charge is 0.496 e. The van der Waals surface area contributed by atoms with Gasteiger partial charge in [-0.3, -0.25) is 0 Å². The van der Waals surface area contributed by atoms with Crippen molar-refractivity contribution in [1.29, 1.82) is 0 Å². The number of carbonyl (C=O) groups excluding carboxylic acids is 1. The maximum absolute atomic E-state index is 10.9. The number of methoxy groups -OCH3 is 1. The lowest BCUT2D eigenvalue weighted by atomic mass is 9.87. The van der Waals surface area contributed by atoms with Crippen LogP contribution in [0.3, 0.4) is 0 Å². The number of benzene rings is 1. The Hall–Kier alpha value is -1.25. The SMILES string of the molecule is CCc1cc(SC)c(C2(N=C=O)CCCC2)cc1OC. The summed E-state index contributed by atoms with van der Waals surface area (Å²) < 4.78 is 5.51. The van der Waals surface area contributed by atoms with Gasteiger partial charge in [-0.05, 0) is 48.8 Å². The normalized spacial score (nSPS) is 16.8. The maximum atomic E-state index is 10.9. The molecule has 0 radical (unpaired) electrons. The third-order valence-corrected chi connectivity index (χ3v) is 4.95. The fourth-order valence-electron chi connectivity index (χ4n) is 3.09. The van der Waals surface area contributed by atoms with Gasteiger partial charge in [-0.15, -0.1) is 11.8 Å². The Bertz CT molecular complexity index is 530. The smallest absolute Gasteiger partial charge is 0.235 e. The van der Waals surface area contributed by atoms with Crippen LogP contribution >= 0.6 is 11.8 Å². The van der Waals surface area contributed by atoms with Gasteiger partial charge < -0.3 is 4.74 Å². The van der Waals surface area contributed by atoms with E-state index in [1.807, 2.05) is 0 Å². The lowest BCUT2D eigenvalue weighted by Crippen LogP contribution is -2.20. The molecule has 0 unspecified atom stereocenters. The molecule has 1 aromatic carbocycles. The van der Waals surface area contributed by atoms with Crippen LogP contribution in [0, 0.1) is 0 Å². The molecule has 2 rings (SSSR count). The quantitative estimate of drug-likeness (QED) is 0.466. The average Bonchev–Trinajstić information content (AvgIpc) is 2.95. The van der Waals surface area contributed by atoms with Gasteiger partial charge in [-0.25, -0.2) is 4.79 Å². The molecule has 0 spiro atoms. The summed E-state index contributed by atoms with van der Waals surface area (Å²) >= 11 is 1.71. The molecule has 1 aliphatic carbocycles. The number of thioether (sulfide) groups is 1. The minimum Gasteiger partial charge on any atom is -0.496 e. The molecule has 0 saturated heterocycles. The van der Waals surface area contributed by atoms with Crippen molar-refractivity contribution in [3.05, 3.63) is 23.3 Å². The molecule has 0 heterocycles. The van der Waals surface area contributed by atoms with Gasteiger partial charge in [0.05, 0.1) is 12.6 Å². The van der Waals surface area contributed by atoms with E-state index in [-0.39, 0.29) is 5.54 Å². The van der Waals surface area contributed by atoms with Gasteiger partial charge in [0, 0.05) is 4.90 Å². The predicted octanol–water partition coefficient (Wildman–Crippen LogP) is 4.08. The van der Waals surface area contributed by atoms with E-state index in [1.165, 1.54) is 10.5 Å². The molecule has 0 amide bonds. The van der Waals surface area contributed by atoms with Crippen molar-refractivity contribution >= 4 is 17.8 Å². The molecule has 0 aromatic heterocycles. The van der Waals surface area contributed by atoms with E-state index in [2.05, 4.69) is 30.3 Å². The molecule has 20 heavy (non-hydrogen) atoms. The Labute approximate surface area is 124 Å². The molecule has 0 atom stereocenters. The van der Waals surface area contributed by atoms with Crippen LogP contribution < -0.4 is 4.74 Å². The molecule has 1 saturated carbocycles. The van der Waals surface area contributed by atoms with Crippen LogP contribution in [0.15, 0.2) is 22.0 Å². The summed E-state index contributed by atoms with van der Waals surface area (Å²) in [5.74, 6) is 0.896. The van der Waals surface area contributed by atoms with Crippen molar-refractivity contribution in [2.75, 3.05) is 13.4 Å². The van der Waals surface area contributed by atoms with Crippen LogP contribution in [0.1, 0.15) is 43.7 Å². The van der Waals surface area contributed by atoms with Crippen LogP contribution in [0.5, 0.6) is 5.75 Å². The summed E-state index contributed by atoms with van der Waals surface area (Å²) in [5, 5.41) is 0. The molecule has 1 aromatic rings. The second-order valence-electron chi connectivity index (χ2n) is 5.16. The first-order chi connectivity index (χ1) is 9.70. The molecular formula is C16H21NO2S. The highest BCUT2D eigenvalue weighted by Gasteiger charge is 2.38. The van der Waals surface area contributed by atoms with Gasteiger partial charge in [0.25, 0.3) is 0 Å². The predicted molar refractivity (Wildman–Crippen MR) is 82.4 cm³/mol. The van der Waals surface area contributed by atoms with Gasteiger partial charge >= 0.3 is 0 Å². The lowest BCUT2D eigenvalue weighted by Gasteiger charge is -2.26. The van der Waals surface area contributed by atoms with Gasteiger partial charge in [-0.2, -0.15) is 4.99 Å². The standard InChI is InChI=1S/C16H21NO2S/c1-4-12-9-15(20-3)13(10-14(12)19-2)16(17-11-18)7-5-6-8-16/h9-10H,4-8H2,1-3H3. The van der Waals surface area contributed by atoms with Gasteiger partial charge in [0.15, 0.2) is 0 Å². The zero-order valence-corrected chi connectivity index (χ0v) is 13.2. The number of hydrogen-bond acceptors (Lipinski definition) is 4. The second kappa shape index (κ2) is 6.47. The van der Waals surface area contributed by atoms with Crippen LogP contribution in [-0.4, -0.2) is 19.4 Å². The fraction of sp³-hybridized carbons (Fsp3) is 0.562. The van der Waals surface area contributed by atoms with E-state index in [1.54, 1.807) is 25.0 Å². The Balaban J connectivity index is 2.61. The lowest BCUT2D eigenvalue weighted by molar-refractivity contribution is 0.401. The zero-order chi connectivity index (χ0) is 14.6. The van der Waals surface area contributed by atoms with E-state index < -0.39 is 0 Å². The maximum Gasteiger partial charge on any atom is 0.235 e. The van der Waals surface area contributed by atoms with Crippen molar-refractivity contribution in [3.63, 3.8) is 0 Å². The average molecular weight is 291 g/mol. The monoisotopic (exact) mass is 291 g/mol. The summed E-state index contributed by atoms with van der Waals surface area (Å²) in [6, 6.07) is 4.26. The van der Waals surface area contributed by atoms with E-state index in [4.69, 9.17) is 4.74 Å². The Kier molecular flexibility index (Phi) is 4.90. The second-order valence-corrected chi connectivity index (χ2v) is 6.01. The number of rotatable bonds is 5. The molecular weight excluding hydrogens is 270 g/mol. The molecule has 108 valence electrons. The highest BCUT2D eigenvalue weighted by Crippen LogP contribution is 2.47. The molecule has 0 aliphatic heterocycles. The number of aliphatic imine (C=N–C) groups is 1. The van der Waals surface area contributed by atoms with Gasteiger partial charge in [0.2, 0.25) is 6.08 Å². The summed E-state index contributed by atoms with van der Waals surface area (Å²) in [6.45, 7) is 2.12. The van der Waals surface area contributed by atoms with Crippen molar-refractivity contribution in [2.45, 2.75) is 49.5 Å². The molecule has 4 heteroatoms. The van der Waals surface area contributed by atoms with Crippen molar-refractivity contribution in [3.8, 4) is 5.75 Å². The number of hydrogen-bond donors (Lipinski definition) is 0. The summed E-state index contributed by atoms with van der Waals surface area (Å²) in [5.41, 5.74) is 1.93. The molecule has 0 N–H and O–H groups in total. The first-order valence-corrected chi connectivity index (χ1v) is 8.27. The van der Waals surface area contributed by atoms with Gasteiger partial charge in [0.1, 0.15) is 5.75 Å². The minimum absolute atomic E-state index is 0.389. The molecule has 0 bridgehead atoms. The Morgan fingerprint density at radius 2 is 2.10 bits per heavy atom. The third kappa shape index (κ3) is 2.63. The van der Waals surface area contributed by atoms with E-state index in [0.29, 0.717) is 0 Å². The van der Waals surface area contributed by atoms with Crippen molar-refractivity contribution < 1.29 is 9.53 Å². The summed E-state index contributed by atoms with van der Waals surface area (Å²) in [4.78, 5) is 16.3. The summed E-state index contributed by atoms with van der Waals surface area (Å²) in [7, 11) is 1.70. The number of aryl methyl sites for hydroxylation is 1. The minimum atomic E-state index is -0.389. The highest BCUT2D eigenvalue weighted by atomic mass is 32.2. The Morgan fingerprint density at radius 3 is 2.60 bits per heavy atom. The van der Waals surface area contributed by atoms with Crippen LogP contribution in [0.25, 0.3) is 0 Å². The molecule has 3 nitrogen and oxygen atoms in total. The number of nitrogens with zero attached hydrogens (tertiary/aromatic N) is 1. The van der Waals surface area contributed by atoms with Crippen LogP contribution in [0.4, 0.5) is 0 Å². The zero-order valence-electron chi connectivity index (χ0n) is 12.4. The van der Waals surface area contributed by atoms with E-state index in [0.717, 1.165) is 43.4 Å².